The fourth-order valence-electron chi connectivity index (χ4n) is 2.12. The Bertz CT molecular complexity index is 860. The van der Waals surface area contributed by atoms with Crippen molar-refractivity contribution < 1.29 is 13.9 Å². The van der Waals surface area contributed by atoms with Crippen LogP contribution in [0.15, 0.2) is 63.8 Å². The molecule has 21 heavy (non-hydrogen) atoms. The van der Waals surface area contributed by atoms with Crippen LogP contribution in [0.25, 0.3) is 11.0 Å². The van der Waals surface area contributed by atoms with Crippen LogP contribution in [-0.4, -0.2) is 12.9 Å². The first kappa shape index (κ1) is 13.1. The van der Waals surface area contributed by atoms with Crippen molar-refractivity contribution in [3.8, 4) is 5.75 Å². The minimum absolute atomic E-state index is 0.0919. The maximum absolute atomic E-state index is 12.4. The van der Waals surface area contributed by atoms with Crippen molar-refractivity contribution in [1.29, 1.82) is 0 Å². The van der Waals surface area contributed by atoms with Crippen LogP contribution in [0.5, 0.6) is 5.75 Å². The molecule has 3 aromatic rings. The Labute approximate surface area is 120 Å². The lowest BCUT2D eigenvalue weighted by atomic mass is 10.0. The highest BCUT2D eigenvalue weighted by Crippen LogP contribution is 2.18. The Morgan fingerprint density at radius 2 is 1.67 bits per heavy atom. The summed E-state index contributed by atoms with van der Waals surface area (Å²) in [5.74, 6) is 0.609. The normalized spacial score (nSPS) is 10.5. The van der Waals surface area contributed by atoms with Gasteiger partial charge in [0, 0.05) is 22.6 Å². The van der Waals surface area contributed by atoms with E-state index in [0.29, 0.717) is 27.8 Å². The molecule has 0 aliphatic carbocycles. The van der Waals surface area contributed by atoms with Gasteiger partial charge >= 0.3 is 5.63 Å². The molecular formula is C17H12O4. The van der Waals surface area contributed by atoms with E-state index >= 15 is 0 Å². The molecule has 1 aromatic heterocycles. The van der Waals surface area contributed by atoms with Gasteiger partial charge in [0.15, 0.2) is 5.78 Å². The molecule has 0 saturated heterocycles. The standard InChI is InChI=1S/C17H12O4/c1-20-14-6-2-11(3-7-14)17(19)13-4-8-15-12(10-13)5-9-16(18)21-15/h2-10H,1H3. The molecule has 3 rings (SSSR count). The zero-order valence-corrected chi connectivity index (χ0v) is 11.3. The topological polar surface area (TPSA) is 56.5 Å². The number of benzene rings is 2. The van der Waals surface area contributed by atoms with Gasteiger partial charge in [-0.2, -0.15) is 0 Å². The second-order valence-corrected chi connectivity index (χ2v) is 4.56. The van der Waals surface area contributed by atoms with E-state index in [2.05, 4.69) is 0 Å². The van der Waals surface area contributed by atoms with Crippen molar-refractivity contribution in [1.82, 2.24) is 0 Å². The van der Waals surface area contributed by atoms with Gasteiger partial charge in [-0.1, -0.05) is 0 Å². The number of ketones is 1. The van der Waals surface area contributed by atoms with Crippen molar-refractivity contribution in [3.63, 3.8) is 0 Å². The zero-order valence-electron chi connectivity index (χ0n) is 11.3. The first-order valence-corrected chi connectivity index (χ1v) is 6.40. The molecule has 0 saturated carbocycles. The zero-order chi connectivity index (χ0) is 14.8. The van der Waals surface area contributed by atoms with Crippen LogP contribution in [0, 0.1) is 0 Å². The van der Waals surface area contributed by atoms with Gasteiger partial charge in [-0.25, -0.2) is 4.79 Å². The van der Waals surface area contributed by atoms with Crippen molar-refractivity contribution >= 4 is 16.8 Å². The molecule has 0 bridgehead atoms. The summed E-state index contributed by atoms with van der Waals surface area (Å²) >= 11 is 0. The van der Waals surface area contributed by atoms with Crippen LogP contribution >= 0.6 is 0 Å². The average Bonchev–Trinajstić information content (AvgIpc) is 2.53. The molecule has 0 unspecified atom stereocenters. The predicted octanol–water partition coefficient (Wildman–Crippen LogP) is 3.03. The summed E-state index contributed by atoms with van der Waals surface area (Å²) in [5.41, 5.74) is 1.18. The Morgan fingerprint density at radius 1 is 0.952 bits per heavy atom. The SMILES string of the molecule is COc1ccc(C(=O)c2ccc3oc(=O)ccc3c2)cc1. The van der Waals surface area contributed by atoms with Crippen LogP contribution in [0.4, 0.5) is 0 Å². The molecular weight excluding hydrogens is 268 g/mol. The summed E-state index contributed by atoms with van der Waals surface area (Å²) in [6, 6.07) is 14.9. The minimum atomic E-state index is -0.406. The van der Waals surface area contributed by atoms with E-state index in [-0.39, 0.29) is 5.78 Å². The first-order valence-electron chi connectivity index (χ1n) is 6.40. The second-order valence-electron chi connectivity index (χ2n) is 4.56. The van der Waals surface area contributed by atoms with Crippen LogP contribution in [-0.2, 0) is 0 Å². The van der Waals surface area contributed by atoms with Crippen molar-refractivity contribution in [2.75, 3.05) is 7.11 Å². The maximum Gasteiger partial charge on any atom is 0.336 e. The predicted molar refractivity (Wildman–Crippen MR) is 78.9 cm³/mol. The molecule has 0 fully saturated rings. The van der Waals surface area contributed by atoms with E-state index in [9.17, 15) is 9.59 Å². The number of carbonyl (C=O) groups is 1. The van der Waals surface area contributed by atoms with Crippen LogP contribution < -0.4 is 10.4 Å². The Morgan fingerprint density at radius 3 is 2.38 bits per heavy atom. The molecule has 0 radical (unpaired) electrons. The number of carbonyl (C=O) groups excluding carboxylic acids is 1. The fourth-order valence-corrected chi connectivity index (χ4v) is 2.12. The average molecular weight is 280 g/mol. The van der Waals surface area contributed by atoms with Gasteiger partial charge in [-0.05, 0) is 48.5 Å². The molecule has 0 aliphatic rings. The van der Waals surface area contributed by atoms with Crippen molar-refractivity contribution in [2.45, 2.75) is 0 Å². The molecule has 104 valence electrons. The van der Waals surface area contributed by atoms with E-state index in [0.717, 1.165) is 0 Å². The number of rotatable bonds is 3. The summed E-state index contributed by atoms with van der Waals surface area (Å²) in [4.78, 5) is 23.6. The summed E-state index contributed by atoms with van der Waals surface area (Å²) < 4.78 is 10.1. The van der Waals surface area contributed by atoms with Crippen LogP contribution in [0.2, 0.25) is 0 Å². The van der Waals surface area contributed by atoms with E-state index in [4.69, 9.17) is 9.15 Å². The number of fused-ring (bicyclic) bond motifs is 1. The van der Waals surface area contributed by atoms with E-state index in [1.165, 1.54) is 6.07 Å². The lowest BCUT2D eigenvalue weighted by Crippen LogP contribution is -2.02. The van der Waals surface area contributed by atoms with Gasteiger partial charge in [-0.15, -0.1) is 0 Å². The number of ether oxygens (including phenoxy) is 1. The molecule has 1 heterocycles. The monoisotopic (exact) mass is 280 g/mol. The summed E-state index contributed by atoms with van der Waals surface area (Å²) in [7, 11) is 1.58. The number of methoxy groups -OCH3 is 1. The van der Waals surface area contributed by atoms with E-state index in [1.54, 1.807) is 55.6 Å². The molecule has 0 aliphatic heterocycles. The molecule has 0 atom stereocenters. The highest BCUT2D eigenvalue weighted by atomic mass is 16.5. The summed E-state index contributed by atoms with van der Waals surface area (Å²) in [5, 5.41) is 0.717. The van der Waals surface area contributed by atoms with Crippen LogP contribution in [0.3, 0.4) is 0 Å². The minimum Gasteiger partial charge on any atom is -0.497 e. The van der Waals surface area contributed by atoms with Gasteiger partial charge in [0.05, 0.1) is 7.11 Å². The van der Waals surface area contributed by atoms with Gasteiger partial charge in [0.25, 0.3) is 0 Å². The van der Waals surface area contributed by atoms with Gasteiger partial charge in [-0.3, -0.25) is 4.79 Å². The van der Waals surface area contributed by atoms with Gasteiger partial charge in [0.2, 0.25) is 0 Å². The molecule has 0 amide bonds. The lowest BCUT2D eigenvalue weighted by molar-refractivity contribution is 0.103. The first-order chi connectivity index (χ1) is 10.2. The van der Waals surface area contributed by atoms with Crippen molar-refractivity contribution in [2.24, 2.45) is 0 Å². The summed E-state index contributed by atoms with van der Waals surface area (Å²) in [6.45, 7) is 0. The molecule has 0 N–H and O–H groups in total. The summed E-state index contributed by atoms with van der Waals surface area (Å²) in [6.07, 6.45) is 0. The van der Waals surface area contributed by atoms with Crippen LogP contribution in [0.1, 0.15) is 15.9 Å². The van der Waals surface area contributed by atoms with E-state index < -0.39 is 5.63 Å². The number of hydrogen-bond acceptors (Lipinski definition) is 4. The van der Waals surface area contributed by atoms with Gasteiger partial charge in [0.1, 0.15) is 11.3 Å². The van der Waals surface area contributed by atoms with Crippen molar-refractivity contribution in [3.05, 3.63) is 76.1 Å². The quantitative estimate of drug-likeness (QED) is 0.546. The largest absolute Gasteiger partial charge is 0.497 e. The third-order valence-electron chi connectivity index (χ3n) is 3.23. The molecule has 4 nitrogen and oxygen atoms in total. The Balaban J connectivity index is 2.00. The van der Waals surface area contributed by atoms with E-state index in [1.807, 2.05) is 0 Å². The molecule has 0 spiro atoms. The lowest BCUT2D eigenvalue weighted by Gasteiger charge is -2.04. The second kappa shape index (κ2) is 5.25. The maximum atomic E-state index is 12.4. The molecule has 4 heteroatoms. The fraction of sp³-hybridized carbons (Fsp3) is 0.0588. The Kier molecular flexibility index (Phi) is 3.28. The third-order valence-corrected chi connectivity index (χ3v) is 3.23. The molecule has 2 aromatic carbocycles. The van der Waals surface area contributed by atoms with Gasteiger partial charge < -0.3 is 9.15 Å². The highest BCUT2D eigenvalue weighted by molar-refractivity contribution is 6.10. The number of hydrogen-bond donors (Lipinski definition) is 0. The smallest absolute Gasteiger partial charge is 0.336 e. The Hall–Kier alpha value is -2.88. The highest BCUT2D eigenvalue weighted by Gasteiger charge is 2.10. The third kappa shape index (κ3) is 2.56.